The number of rotatable bonds is 3. The first-order valence-corrected chi connectivity index (χ1v) is 5.53. The van der Waals surface area contributed by atoms with E-state index in [-0.39, 0.29) is 6.08 Å². The van der Waals surface area contributed by atoms with E-state index in [1.54, 1.807) is 0 Å². The first kappa shape index (κ1) is 21.0. The molecule has 1 fully saturated rings. The van der Waals surface area contributed by atoms with Crippen LogP contribution < -0.4 is 0 Å². The van der Waals surface area contributed by atoms with Crippen LogP contribution in [0.5, 0.6) is 0 Å². The Hall–Kier alpha value is -2.09. The summed E-state index contributed by atoms with van der Waals surface area (Å²) in [4.78, 5) is 20.8. The molecular formula is C10H3F11O4. The molecule has 0 aromatic heterocycles. The number of carboxylic acid groups (broad SMARTS) is 1. The number of hydrogen-bond acceptors (Lipinski definition) is 3. The van der Waals surface area contributed by atoms with Crippen molar-refractivity contribution in [3.8, 4) is 0 Å². The lowest BCUT2D eigenvalue weighted by atomic mass is 9.78. The van der Waals surface area contributed by atoms with E-state index < -0.39 is 53.5 Å². The van der Waals surface area contributed by atoms with E-state index in [0.717, 1.165) is 0 Å². The van der Waals surface area contributed by atoms with Crippen LogP contribution >= 0.6 is 0 Å². The zero-order chi connectivity index (χ0) is 20.3. The predicted molar refractivity (Wildman–Crippen MR) is 51.4 cm³/mol. The van der Waals surface area contributed by atoms with Crippen molar-refractivity contribution in [3.63, 3.8) is 0 Å². The second kappa shape index (κ2) is 5.20. The molecule has 144 valence electrons. The summed E-state index contributed by atoms with van der Waals surface area (Å²) in [5, 5.41) is 8.05. The van der Waals surface area contributed by atoms with Crippen molar-refractivity contribution < 1.29 is 67.7 Å². The van der Waals surface area contributed by atoms with Crippen LogP contribution in [0.4, 0.5) is 48.3 Å². The van der Waals surface area contributed by atoms with Gasteiger partial charge >= 0.3 is 47.4 Å². The highest BCUT2D eigenvalue weighted by molar-refractivity contribution is 5.91. The molecule has 4 nitrogen and oxygen atoms in total. The van der Waals surface area contributed by atoms with E-state index in [0.29, 0.717) is 0 Å². The fraction of sp³-hybridized carbons (Fsp3) is 0.600. The van der Waals surface area contributed by atoms with Crippen LogP contribution in [-0.2, 0) is 14.3 Å². The van der Waals surface area contributed by atoms with Crippen molar-refractivity contribution in [1.29, 1.82) is 0 Å². The third-order valence-corrected chi connectivity index (χ3v) is 2.99. The predicted octanol–water partition coefficient (Wildman–Crippen LogP) is 3.03. The lowest BCUT2D eigenvalue weighted by Crippen LogP contribution is -2.84. The first-order valence-electron chi connectivity index (χ1n) is 5.53. The molecule has 0 unspecified atom stereocenters. The maximum atomic E-state index is 13.8. The van der Waals surface area contributed by atoms with Crippen LogP contribution in [0.25, 0.3) is 0 Å². The molecule has 0 amide bonds. The third-order valence-electron chi connectivity index (χ3n) is 2.99. The number of hydrogen-bond donors (Lipinski definition) is 1. The molecule has 0 atom stereocenters. The molecule has 1 aliphatic rings. The maximum Gasteiger partial charge on any atom is 0.391 e. The van der Waals surface area contributed by atoms with E-state index in [2.05, 4.69) is 4.74 Å². The van der Waals surface area contributed by atoms with Crippen LogP contribution in [0.1, 0.15) is 0 Å². The Morgan fingerprint density at radius 2 is 0.960 bits per heavy atom. The van der Waals surface area contributed by atoms with Gasteiger partial charge in [-0.25, -0.2) is 9.59 Å². The number of carbonyl (C=O) groups is 2. The molecule has 0 aromatic rings. The van der Waals surface area contributed by atoms with Gasteiger partial charge in [-0.15, -0.1) is 0 Å². The topological polar surface area (TPSA) is 63.6 Å². The molecular weight excluding hydrogens is 393 g/mol. The Morgan fingerprint density at radius 1 is 0.640 bits per heavy atom. The number of alkyl halides is 11. The summed E-state index contributed by atoms with van der Waals surface area (Å²) in [6.45, 7) is 0. The van der Waals surface area contributed by atoms with Crippen LogP contribution in [0, 0.1) is 0 Å². The van der Waals surface area contributed by atoms with Crippen molar-refractivity contribution in [2.75, 3.05) is 0 Å². The monoisotopic (exact) mass is 396 g/mol. The molecule has 15 heteroatoms. The minimum atomic E-state index is -7.44. The second-order valence-corrected chi connectivity index (χ2v) is 4.56. The molecule has 25 heavy (non-hydrogen) atoms. The highest BCUT2D eigenvalue weighted by Crippen LogP contribution is 2.69. The van der Waals surface area contributed by atoms with Gasteiger partial charge in [-0.3, -0.25) is 0 Å². The van der Waals surface area contributed by atoms with Crippen molar-refractivity contribution in [2.24, 2.45) is 0 Å². The van der Waals surface area contributed by atoms with Crippen LogP contribution in [-0.4, -0.2) is 52.5 Å². The molecule has 0 bridgehead atoms. The van der Waals surface area contributed by atoms with Gasteiger partial charge in [0.15, 0.2) is 0 Å². The molecule has 0 spiro atoms. The van der Waals surface area contributed by atoms with Gasteiger partial charge in [0, 0.05) is 12.2 Å². The molecule has 1 saturated carbocycles. The van der Waals surface area contributed by atoms with Crippen molar-refractivity contribution in [1.82, 2.24) is 0 Å². The molecule has 0 heterocycles. The van der Waals surface area contributed by atoms with Gasteiger partial charge in [0.1, 0.15) is 0 Å². The zero-order valence-electron chi connectivity index (χ0n) is 11.0. The second-order valence-electron chi connectivity index (χ2n) is 4.56. The normalized spacial score (nSPS) is 27.6. The third kappa shape index (κ3) is 2.27. The molecule has 1 N–H and O–H groups in total. The molecule has 0 aromatic carbocycles. The Kier molecular flexibility index (Phi) is 4.36. The molecule has 0 saturated heterocycles. The molecule has 0 aliphatic heterocycles. The van der Waals surface area contributed by atoms with Crippen molar-refractivity contribution >= 4 is 11.9 Å². The average Bonchev–Trinajstić information content (AvgIpc) is 2.42. The summed E-state index contributed by atoms with van der Waals surface area (Å²) in [7, 11) is 0. The van der Waals surface area contributed by atoms with Gasteiger partial charge < -0.3 is 9.84 Å². The fourth-order valence-corrected chi connectivity index (χ4v) is 1.63. The van der Waals surface area contributed by atoms with Gasteiger partial charge in [-0.2, -0.15) is 48.3 Å². The van der Waals surface area contributed by atoms with Crippen LogP contribution in [0.3, 0.4) is 0 Å². The minimum absolute atomic E-state index is 0.351. The maximum absolute atomic E-state index is 13.8. The number of esters is 1. The SMILES string of the molecule is O=C(O)/C=C/C(=O)OC1(F)C(F)(F)C(F)(F)C(F)(F)C(F)(F)C1(F)F. The lowest BCUT2D eigenvalue weighted by Gasteiger charge is -2.51. The summed E-state index contributed by atoms with van der Waals surface area (Å²) < 4.78 is 147. The number of ether oxygens (including phenoxy) is 1. The quantitative estimate of drug-likeness (QED) is 0.453. The van der Waals surface area contributed by atoms with Crippen LogP contribution in [0.15, 0.2) is 12.2 Å². The van der Waals surface area contributed by atoms with E-state index in [1.807, 2.05) is 0 Å². The molecule has 0 radical (unpaired) electrons. The Balaban J connectivity index is 3.61. The Labute approximate surface area is 128 Å². The lowest BCUT2D eigenvalue weighted by molar-refractivity contribution is -0.517. The first-order chi connectivity index (χ1) is 10.8. The summed E-state index contributed by atoms with van der Waals surface area (Å²) in [6, 6.07) is 0. The highest BCUT2D eigenvalue weighted by Gasteiger charge is 3.03. The summed E-state index contributed by atoms with van der Waals surface area (Å²) in [6.07, 6.45) is -0.936. The number of aliphatic carboxylic acids is 1. The van der Waals surface area contributed by atoms with Gasteiger partial charge in [0.25, 0.3) is 0 Å². The van der Waals surface area contributed by atoms with Crippen molar-refractivity contribution in [2.45, 2.75) is 35.5 Å². The van der Waals surface area contributed by atoms with Gasteiger partial charge in [0.05, 0.1) is 0 Å². The molecule has 1 aliphatic carbocycles. The Bertz CT molecular complexity index is 594. The standard InChI is InChI=1S/C10H3F11O4/c11-5(12)6(13,14)8(17,18)10(21,9(19,20)7(5,15)16)25-4(24)2-1-3(22)23/h1-2H,(H,22,23)/b2-1+. The van der Waals surface area contributed by atoms with E-state index in [4.69, 9.17) is 5.11 Å². The summed E-state index contributed by atoms with van der Waals surface area (Å²) >= 11 is 0. The van der Waals surface area contributed by atoms with Crippen LogP contribution in [0.2, 0.25) is 0 Å². The highest BCUT2D eigenvalue weighted by atomic mass is 19.4. The summed E-state index contributed by atoms with van der Waals surface area (Å²) in [5.41, 5.74) is 0. The van der Waals surface area contributed by atoms with E-state index in [9.17, 15) is 57.9 Å². The smallest absolute Gasteiger partial charge is 0.391 e. The largest absolute Gasteiger partial charge is 0.478 e. The van der Waals surface area contributed by atoms with Gasteiger partial charge in [-0.1, -0.05) is 0 Å². The number of halogens is 11. The zero-order valence-corrected chi connectivity index (χ0v) is 11.0. The fourth-order valence-electron chi connectivity index (χ4n) is 1.63. The average molecular weight is 396 g/mol. The molecule has 1 rings (SSSR count). The Morgan fingerprint density at radius 3 is 1.28 bits per heavy atom. The van der Waals surface area contributed by atoms with Gasteiger partial charge in [0.2, 0.25) is 0 Å². The number of carbonyl (C=O) groups excluding carboxylic acids is 1. The minimum Gasteiger partial charge on any atom is -0.478 e. The summed E-state index contributed by atoms with van der Waals surface area (Å²) in [5.74, 6) is -48.8. The van der Waals surface area contributed by atoms with E-state index in [1.165, 1.54) is 0 Å². The van der Waals surface area contributed by atoms with Gasteiger partial charge in [-0.05, 0) is 0 Å². The number of carboxylic acids is 1. The van der Waals surface area contributed by atoms with E-state index >= 15 is 0 Å². The van der Waals surface area contributed by atoms with Crippen molar-refractivity contribution in [3.05, 3.63) is 12.2 Å².